The van der Waals surface area contributed by atoms with E-state index < -0.39 is 10.8 Å². The summed E-state index contributed by atoms with van der Waals surface area (Å²) >= 11 is 0. The van der Waals surface area contributed by atoms with Gasteiger partial charge in [0, 0.05) is 17.2 Å². The van der Waals surface area contributed by atoms with Crippen LogP contribution in [-0.4, -0.2) is 23.1 Å². The van der Waals surface area contributed by atoms with Crippen molar-refractivity contribution in [2.45, 2.75) is 27.7 Å². The lowest BCUT2D eigenvalue weighted by molar-refractivity contribution is -0.385. The summed E-state index contributed by atoms with van der Waals surface area (Å²) in [7, 11) is 0. The fourth-order valence-electron chi connectivity index (χ4n) is 2.28. The predicted molar refractivity (Wildman–Crippen MR) is 99.6 cm³/mol. The summed E-state index contributed by atoms with van der Waals surface area (Å²) in [6, 6.07) is 10.6. The van der Waals surface area contributed by atoms with Crippen LogP contribution in [0.4, 0.5) is 5.69 Å². The Morgan fingerprint density at radius 3 is 2.54 bits per heavy atom. The minimum absolute atomic E-state index is 0.0154. The Kier molecular flexibility index (Phi) is 6.06. The van der Waals surface area contributed by atoms with Crippen molar-refractivity contribution in [3.63, 3.8) is 0 Å². The standard InChI is InChI=1S/C19H21N3O4/c1-12-5-6-14(3)18(9-12)26-11-19(23)21-20-15(4)16-8-7-13(2)17(10-16)22(24)25/h5-10H,11H2,1-4H3,(H,21,23)/b20-15-. The Hall–Kier alpha value is -3.22. The van der Waals surface area contributed by atoms with Crippen LogP contribution in [0, 0.1) is 30.9 Å². The number of ether oxygens (including phenoxy) is 1. The Balaban J connectivity index is 2.00. The third-order valence-electron chi connectivity index (χ3n) is 3.87. The SMILES string of the molecule is C/C(=N/NC(=O)COc1cc(C)ccc1C)c1ccc(C)c([N+](=O)[O-])c1. The first-order valence-electron chi connectivity index (χ1n) is 8.06. The average molecular weight is 355 g/mol. The maximum Gasteiger partial charge on any atom is 0.277 e. The van der Waals surface area contributed by atoms with Gasteiger partial charge in [-0.25, -0.2) is 5.43 Å². The third kappa shape index (κ3) is 4.89. The van der Waals surface area contributed by atoms with Crippen molar-refractivity contribution in [2.24, 2.45) is 5.10 Å². The van der Waals surface area contributed by atoms with Gasteiger partial charge in [0.1, 0.15) is 5.75 Å². The van der Waals surface area contributed by atoms with Crippen LogP contribution in [0.5, 0.6) is 5.75 Å². The van der Waals surface area contributed by atoms with E-state index in [1.165, 1.54) is 6.07 Å². The van der Waals surface area contributed by atoms with E-state index in [9.17, 15) is 14.9 Å². The van der Waals surface area contributed by atoms with Crippen molar-refractivity contribution in [2.75, 3.05) is 6.61 Å². The summed E-state index contributed by atoms with van der Waals surface area (Å²) in [5, 5.41) is 15.0. The van der Waals surface area contributed by atoms with Gasteiger partial charge in [-0.05, 0) is 44.9 Å². The van der Waals surface area contributed by atoms with Crippen molar-refractivity contribution in [1.29, 1.82) is 0 Å². The zero-order valence-corrected chi connectivity index (χ0v) is 15.2. The largest absolute Gasteiger partial charge is 0.483 e. The number of rotatable bonds is 6. The van der Waals surface area contributed by atoms with Crippen LogP contribution >= 0.6 is 0 Å². The van der Waals surface area contributed by atoms with E-state index in [1.54, 1.807) is 26.0 Å². The van der Waals surface area contributed by atoms with Gasteiger partial charge in [0.05, 0.1) is 10.6 Å². The van der Waals surface area contributed by atoms with Crippen molar-refractivity contribution < 1.29 is 14.5 Å². The van der Waals surface area contributed by atoms with Gasteiger partial charge in [-0.2, -0.15) is 5.10 Å². The van der Waals surface area contributed by atoms with E-state index >= 15 is 0 Å². The number of carbonyl (C=O) groups is 1. The van der Waals surface area contributed by atoms with Gasteiger partial charge in [-0.1, -0.05) is 24.3 Å². The Morgan fingerprint density at radius 2 is 1.85 bits per heavy atom. The highest BCUT2D eigenvalue weighted by molar-refractivity contribution is 5.99. The lowest BCUT2D eigenvalue weighted by atomic mass is 10.1. The number of carbonyl (C=O) groups excluding carboxylic acids is 1. The number of hydrazone groups is 1. The number of nitrogens with one attached hydrogen (secondary N) is 1. The number of aryl methyl sites for hydroxylation is 3. The van der Waals surface area contributed by atoms with E-state index in [0.717, 1.165) is 11.1 Å². The number of hydrogen-bond donors (Lipinski definition) is 1. The van der Waals surface area contributed by atoms with E-state index in [4.69, 9.17) is 4.74 Å². The van der Waals surface area contributed by atoms with Crippen LogP contribution < -0.4 is 10.2 Å². The van der Waals surface area contributed by atoms with Gasteiger partial charge in [0.15, 0.2) is 6.61 Å². The molecule has 26 heavy (non-hydrogen) atoms. The smallest absolute Gasteiger partial charge is 0.277 e. The first-order valence-corrected chi connectivity index (χ1v) is 8.06. The van der Waals surface area contributed by atoms with Crippen LogP contribution in [0.1, 0.15) is 29.2 Å². The molecule has 0 radical (unpaired) electrons. The third-order valence-corrected chi connectivity index (χ3v) is 3.87. The number of amides is 1. The zero-order chi connectivity index (χ0) is 19.3. The first-order chi connectivity index (χ1) is 12.3. The van der Waals surface area contributed by atoms with Gasteiger partial charge in [-0.3, -0.25) is 14.9 Å². The first kappa shape index (κ1) is 19.1. The molecule has 0 aliphatic carbocycles. The maximum absolute atomic E-state index is 11.9. The molecular weight excluding hydrogens is 334 g/mol. The average Bonchev–Trinajstić information content (AvgIpc) is 2.60. The molecule has 0 unspecified atom stereocenters. The monoisotopic (exact) mass is 355 g/mol. The summed E-state index contributed by atoms with van der Waals surface area (Å²) in [5.74, 6) is 0.238. The number of nitro benzene ring substituents is 1. The Labute approximate surface area is 151 Å². The summed E-state index contributed by atoms with van der Waals surface area (Å²) in [4.78, 5) is 22.5. The summed E-state index contributed by atoms with van der Waals surface area (Å²) in [5.41, 5.74) is 6.00. The molecule has 0 fully saturated rings. The highest BCUT2D eigenvalue weighted by Gasteiger charge is 2.12. The maximum atomic E-state index is 11.9. The molecule has 0 bridgehead atoms. The Bertz CT molecular complexity index is 875. The summed E-state index contributed by atoms with van der Waals surface area (Å²) in [6.45, 7) is 7.01. The van der Waals surface area contributed by atoms with Crippen LogP contribution in [0.3, 0.4) is 0 Å². The molecule has 2 rings (SSSR count). The number of nitrogens with zero attached hydrogens (tertiary/aromatic N) is 2. The molecule has 1 N–H and O–H groups in total. The second-order valence-corrected chi connectivity index (χ2v) is 6.05. The molecule has 0 saturated heterocycles. The van der Waals surface area contributed by atoms with Crippen LogP contribution in [0.2, 0.25) is 0 Å². The fraction of sp³-hybridized carbons (Fsp3) is 0.263. The highest BCUT2D eigenvalue weighted by Crippen LogP contribution is 2.20. The van der Waals surface area contributed by atoms with E-state index in [0.29, 0.717) is 22.6 Å². The molecule has 2 aromatic rings. The second kappa shape index (κ2) is 8.24. The van der Waals surface area contributed by atoms with Crippen molar-refractivity contribution in [1.82, 2.24) is 5.43 Å². The van der Waals surface area contributed by atoms with Crippen LogP contribution in [0.25, 0.3) is 0 Å². The minimum atomic E-state index is -0.442. The lowest BCUT2D eigenvalue weighted by Gasteiger charge is -2.09. The number of benzene rings is 2. The predicted octanol–water partition coefficient (Wildman–Crippen LogP) is 3.44. The van der Waals surface area contributed by atoms with Gasteiger partial charge in [-0.15, -0.1) is 0 Å². The molecule has 0 aliphatic rings. The van der Waals surface area contributed by atoms with Gasteiger partial charge >= 0.3 is 0 Å². The second-order valence-electron chi connectivity index (χ2n) is 6.05. The van der Waals surface area contributed by atoms with Gasteiger partial charge in [0.25, 0.3) is 11.6 Å². The van der Waals surface area contributed by atoms with E-state index in [1.807, 2.05) is 32.0 Å². The van der Waals surface area contributed by atoms with Crippen molar-refractivity contribution in [3.8, 4) is 5.75 Å². The molecule has 7 nitrogen and oxygen atoms in total. The minimum Gasteiger partial charge on any atom is -0.483 e. The van der Waals surface area contributed by atoms with Gasteiger partial charge < -0.3 is 4.74 Å². The topological polar surface area (TPSA) is 93.8 Å². The molecule has 0 aliphatic heterocycles. The molecule has 1 amide bonds. The molecule has 0 atom stereocenters. The fourth-order valence-corrected chi connectivity index (χ4v) is 2.28. The van der Waals surface area contributed by atoms with Crippen molar-refractivity contribution in [3.05, 3.63) is 68.8 Å². The van der Waals surface area contributed by atoms with E-state index in [-0.39, 0.29) is 12.3 Å². The highest BCUT2D eigenvalue weighted by atomic mass is 16.6. The molecule has 136 valence electrons. The normalized spacial score (nSPS) is 11.2. The van der Waals surface area contributed by atoms with Crippen molar-refractivity contribution >= 4 is 17.3 Å². The molecule has 2 aromatic carbocycles. The number of hydrogen-bond acceptors (Lipinski definition) is 5. The van der Waals surface area contributed by atoms with E-state index in [2.05, 4.69) is 10.5 Å². The lowest BCUT2D eigenvalue weighted by Crippen LogP contribution is -2.25. The molecule has 0 saturated carbocycles. The summed E-state index contributed by atoms with van der Waals surface area (Å²) in [6.07, 6.45) is 0. The van der Waals surface area contributed by atoms with Crippen LogP contribution in [-0.2, 0) is 4.79 Å². The molecule has 0 aromatic heterocycles. The molecule has 0 heterocycles. The Morgan fingerprint density at radius 1 is 1.15 bits per heavy atom. The van der Waals surface area contributed by atoms with Gasteiger partial charge in [0.2, 0.25) is 0 Å². The van der Waals surface area contributed by atoms with Crippen LogP contribution in [0.15, 0.2) is 41.5 Å². The number of nitro groups is 1. The molecule has 0 spiro atoms. The molecule has 7 heteroatoms. The quantitative estimate of drug-likeness (QED) is 0.488. The molecular formula is C19H21N3O4. The summed E-state index contributed by atoms with van der Waals surface area (Å²) < 4.78 is 5.51. The zero-order valence-electron chi connectivity index (χ0n) is 15.2.